The number of benzene rings is 1. The molecule has 0 saturated heterocycles. The molecule has 0 aliphatic carbocycles. The van der Waals surface area contributed by atoms with Gasteiger partial charge in [0, 0.05) is 17.7 Å². The standard InChI is InChI=1S/C10H11N2PS2/c1-9-3-5-10(6-4-9)13(14,15)12-8-2-7-11-12/h2-8H,1H3,(H,14,15). The number of aromatic nitrogens is 2. The van der Waals surface area contributed by atoms with E-state index in [1.54, 1.807) is 10.6 Å². The van der Waals surface area contributed by atoms with Gasteiger partial charge in [-0.1, -0.05) is 41.6 Å². The van der Waals surface area contributed by atoms with Crippen molar-refractivity contribution in [1.29, 1.82) is 0 Å². The number of thiol groups is 1. The van der Waals surface area contributed by atoms with Crippen LogP contribution in [-0.2, 0) is 11.8 Å². The monoisotopic (exact) mass is 254 g/mol. The Kier molecular flexibility index (Phi) is 3.01. The second kappa shape index (κ2) is 4.12. The quantitative estimate of drug-likeness (QED) is 0.655. The van der Waals surface area contributed by atoms with E-state index in [-0.39, 0.29) is 0 Å². The van der Waals surface area contributed by atoms with Crippen molar-refractivity contribution in [2.75, 3.05) is 0 Å². The highest BCUT2D eigenvalue weighted by molar-refractivity contribution is 8.65. The summed E-state index contributed by atoms with van der Waals surface area (Å²) < 4.78 is 1.77. The van der Waals surface area contributed by atoms with Gasteiger partial charge in [-0.25, -0.2) is 4.45 Å². The largest absolute Gasteiger partial charge is 0.230 e. The van der Waals surface area contributed by atoms with Crippen LogP contribution in [0.25, 0.3) is 0 Å². The van der Waals surface area contributed by atoms with E-state index >= 15 is 0 Å². The number of hydrogen-bond acceptors (Lipinski definition) is 2. The molecule has 0 bridgehead atoms. The van der Waals surface area contributed by atoms with Crippen LogP contribution in [0.15, 0.2) is 42.7 Å². The Bertz CT molecular complexity index is 491. The summed E-state index contributed by atoms with van der Waals surface area (Å²) in [5.41, 5.74) is 1.22. The molecule has 2 rings (SSSR count). The Hall–Kier alpha value is -0.570. The van der Waals surface area contributed by atoms with Gasteiger partial charge in [-0.15, -0.1) is 12.2 Å². The lowest BCUT2D eigenvalue weighted by atomic mass is 10.2. The Labute approximate surface area is 99.5 Å². The van der Waals surface area contributed by atoms with Crippen LogP contribution in [0, 0.1) is 6.92 Å². The van der Waals surface area contributed by atoms with Crippen LogP contribution in [0.3, 0.4) is 0 Å². The summed E-state index contributed by atoms with van der Waals surface area (Å²) in [6.45, 7) is 2.06. The van der Waals surface area contributed by atoms with E-state index in [0.717, 1.165) is 5.30 Å². The van der Waals surface area contributed by atoms with E-state index in [1.807, 2.05) is 24.4 Å². The molecule has 0 fully saturated rings. The van der Waals surface area contributed by atoms with Gasteiger partial charge in [0.2, 0.25) is 0 Å². The fraction of sp³-hybridized carbons (Fsp3) is 0.100. The van der Waals surface area contributed by atoms with E-state index in [2.05, 4.69) is 36.4 Å². The Morgan fingerprint density at radius 2 is 2.00 bits per heavy atom. The predicted molar refractivity (Wildman–Crippen MR) is 71.7 cm³/mol. The van der Waals surface area contributed by atoms with E-state index in [0.29, 0.717) is 0 Å². The van der Waals surface area contributed by atoms with Crippen molar-refractivity contribution < 1.29 is 0 Å². The van der Waals surface area contributed by atoms with Crippen LogP contribution in [-0.4, -0.2) is 9.55 Å². The van der Waals surface area contributed by atoms with Crippen molar-refractivity contribution >= 4 is 34.8 Å². The Morgan fingerprint density at radius 3 is 2.53 bits per heavy atom. The molecule has 0 aliphatic heterocycles. The third-order valence-electron chi connectivity index (χ3n) is 2.14. The fourth-order valence-corrected chi connectivity index (χ4v) is 3.88. The molecule has 0 amide bonds. The van der Waals surface area contributed by atoms with Crippen molar-refractivity contribution in [3.63, 3.8) is 0 Å². The maximum absolute atomic E-state index is 5.55. The van der Waals surface area contributed by atoms with E-state index in [9.17, 15) is 0 Å². The molecule has 1 heterocycles. The van der Waals surface area contributed by atoms with Crippen molar-refractivity contribution in [1.82, 2.24) is 9.55 Å². The lowest BCUT2D eigenvalue weighted by molar-refractivity contribution is 1.00. The molecule has 1 aromatic heterocycles. The van der Waals surface area contributed by atoms with Crippen LogP contribution in [0.5, 0.6) is 0 Å². The van der Waals surface area contributed by atoms with Crippen molar-refractivity contribution in [2.45, 2.75) is 6.92 Å². The van der Waals surface area contributed by atoms with Crippen LogP contribution in [0.4, 0.5) is 0 Å². The molecule has 0 N–H and O–H groups in total. The molecule has 1 aromatic carbocycles. The molecule has 15 heavy (non-hydrogen) atoms. The molecule has 1 atom stereocenters. The second-order valence-corrected chi connectivity index (χ2v) is 9.45. The van der Waals surface area contributed by atoms with Crippen LogP contribution in [0.1, 0.15) is 5.56 Å². The lowest BCUT2D eigenvalue weighted by Gasteiger charge is -2.16. The molecule has 2 aromatic rings. The minimum absolute atomic E-state index is 1.06. The molecule has 1 unspecified atom stereocenters. The first-order valence-electron chi connectivity index (χ1n) is 4.51. The summed E-state index contributed by atoms with van der Waals surface area (Å²) in [4.78, 5) is 0. The summed E-state index contributed by atoms with van der Waals surface area (Å²) in [5.74, 6) is 0. The maximum Gasteiger partial charge on any atom is 0.135 e. The average Bonchev–Trinajstić information content (AvgIpc) is 2.71. The summed E-state index contributed by atoms with van der Waals surface area (Å²) in [6.07, 6.45) is 3.60. The highest BCUT2D eigenvalue weighted by Crippen LogP contribution is 2.49. The molecule has 0 spiro atoms. The lowest BCUT2D eigenvalue weighted by Crippen LogP contribution is -2.07. The zero-order valence-electron chi connectivity index (χ0n) is 8.24. The normalized spacial score (nSPS) is 14.8. The maximum atomic E-state index is 5.55. The smallest absolute Gasteiger partial charge is 0.135 e. The minimum atomic E-state index is -2.04. The molecular formula is C10H11N2PS2. The third-order valence-corrected chi connectivity index (χ3v) is 6.28. The number of rotatable bonds is 2. The van der Waals surface area contributed by atoms with Crippen molar-refractivity contribution in [3.8, 4) is 0 Å². The summed E-state index contributed by atoms with van der Waals surface area (Å²) in [7, 11) is 0. The third kappa shape index (κ3) is 2.17. The first kappa shape index (κ1) is 10.9. The number of hydrogen-bond donors (Lipinski definition) is 1. The highest BCUT2D eigenvalue weighted by Gasteiger charge is 2.16. The molecular weight excluding hydrogens is 243 g/mol. The van der Waals surface area contributed by atoms with Crippen molar-refractivity contribution in [2.24, 2.45) is 0 Å². The summed E-state index contributed by atoms with van der Waals surface area (Å²) in [5, 5.41) is 3.20. The molecule has 0 aliphatic rings. The van der Waals surface area contributed by atoms with Crippen LogP contribution >= 0.6 is 17.6 Å². The molecule has 2 nitrogen and oxygen atoms in total. The molecule has 0 saturated carbocycles. The van der Waals surface area contributed by atoms with Gasteiger partial charge in [0.1, 0.15) is 5.39 Å². The Balaban J connectivity index is 2.47. The fourth-order valence-electron chi connectivity index (χ4n) is 1.28. The number of nitrogens with zero attached hydrogens (tertiary/aromatic N) is 2. The zero-order valence-corrected chi connectivity index (χ0v) is 10.8. The van der Waals surface area contributed by atoms with Gasteiger partial charge >= 0.3 is 0 Å². The zero-order chi connectivity index (χ0) is 10.9. The second-order valence-electron chi connectivity index (χ2n) is 3.31. The van der Waals surface area contributed by atoms with Crippen molar-refractivity contribution in [3.05, 3.63) is 48.3 Å². The highest BCUT2D eigenvalue weighted by atomic mass is 32.9. The van der Waals surface area contributed by atoms with E-state index in [1.165, 1.54) is 5.56 Å². The molecule has 0 radical (unpaired) electrons. The number of aryl methyl sites for hydroxylation is 1. The summed E-state index contributed by atoms with van der Waals surface area (Å²) in [6, 6.07) is 10.0. The minimum Gasteiger partial charge on any atom is -0.230 e. The van der Waals surface area contributed by atoms with Gasteiger partial charge in [0.25, 0.3) is 0 Å². The SMILES string of the molecule is Cc1ccc(P(=S)(S)n2cccn2)cc1. The van der Waals surface area contributed by atoms with Gasteiger partial charge in [-0.05, 0) is 13.0 Å². The molecule has 78 valence electrons. The topological polar surface area (TPSA) is 17.8 Å². The van der Waals surface area contributed by atoms with Gasteiger partial charge < -0.3 is 0 Å². The Morgan fingerprint density at radius 1 is 1.33 bits per heavy atom. The van der Waals surface area contributed by atoms with E-state index < -0.39 is 5.39 Å². The predicted octanol–water partition coefficient (Wildman–Crippen LogP) is 2.60. The van der Waals surface area contributed by atoms with Gasteiger partial charge in [-0.3, -0.25) is 0 Å². The van der Waals surface area contributed by atoms with Crippen LogP contribution < -0.4 is 5.30 Å². The molecule has 5 heteroatoms. The van der Waals surface area contributed by atoms with Gasteiger partial charge in [0.05, 0.1) is 0 Å². The first-order valence-corrected chi connectivity index (χ1v) is 8.42. The van der Waals surface area contributed by atoms with Gasteiger partial charge in [-0.2, -0.15) is 5.10 Å². The summed E-state index contributed by atoms with van der Waals surface area (Å²) >= 11 is 10.1. The average molecular weight is 254 g/mol. The van der Waals surface area contributed by atoms with Gasteiger partial charge in [0.15, 0.2) is 0 Å². The first-order chi connectivity index (χ1) is 7.10. The van der Waals surface area contributed by atoms with Crippen LogP contribution in [0.2, 0.25) is 0 Å². The van der Waals surface area contributed by atoms with E-state index in [4.69, 9.17) is 11.8 Å².